The van der Waals surface area contributed by atoms with Gasteiger partial charge in [0.15, 0.2) is 0 Å². The summed E-state index contributed by atoms with van der Waals surface area (Å²) < 4.78 is 27.5. The highest BCUT2D eigenvalue weighted by Crippen LogP contribution is 2.45. The first-order valence-electron chi connectivity index (χ1n) is 10.7. The van der Waals surface area contributed by atoms with Gasteiger partial charge in [-0.15, -0.1) is 11.8 Å². The molecule has 3 aromatic carbocycles. The first-order chi connectivity index (χ1) is 15.1. The number of thioether (sulfide) groups is 1. The Kier molecular flexibility index (Phi) is 7.06. The molecule has 0 saturated carbocycles. The molecule has 1 unspecified atom stereocenters. The predicted octanol–water partition coefficient (Wildman–Crippen LogP) is 5.71. The second-order valence-electron chi connectivity index (χ2n) is 8.06. The second-order valence-corrected chi connectivity index (χ2v) is 9.23. The van der Waals surface area contributed by atoms with Crippen LogP contribution < -0.4 is 0 Å². The number of piperidine rings is 1. The highest BCUT2D eigenvalue weighted by Gasteiger charge is 2.44. The number of aliphatic hydroxyl groups is 1. The van der Waals surface area contributed by atoms with Crippen LogP contribution in [0.3, 0.4) is 0 Å². The van der Waals surface area contributed by atoms with Crippen molar-refractivity contribution in [3.05, 3.63) is 102 Å². The maximum absolute atomic E-state index is 13.8. The first-order valence-corrected chi connectivity index (χ1v) is 11.7. The first kappa shape index (κ1) is 22.0. The van der Waals surface area contributed by atoms with E-state index in [9.17, 15) is 13.9 Å². The Hall–Kier alpha value is -2.21. The van der Waals surface area contributed by atoms with E-state index in [0.717, 1.165) is 36.4 Å². The van der Waals surface area contributed by atoms with Crippen molar-refractivity contribution in [2.75, 3.05) is 25.4 Å². The van der Waals surface area contributed by atoms with Gasteiger partial charge in [0.05, 0.1) is 5.54 Å². The molecule has 0 radical (unpaired) electrons. The van der Waals surface area contributed by atoms with Crippen LogP contribution in [-0.4, -0.2) is 35.5 Å². The number of aliphatic hydroxyl groups excluding tert-OH is 1. The summed E-state index contributed by atoms with van der Waals surface area (Å²) in [5.74, 6) is 0.475. The summed E-state index contributed by atoms with van der Waals surface area (Å²) in [6, 6.07) is 23.6. The molecule has 5 heteroatoms. The summed E-state index contributed by atoms with van der Waals surface area (Å²) in [5, 5.41) is 9.97. The molecule has 1 aliphatic rings. The van der Waals surface area contributed by atoms with Gasteiger partial charge in [-0.2, -0.15) is 0 Å². The number of likely N-dealkylation sites (tertiary alicyclic amines) is 1. The van der Waals surface area contributed by atoms with Crippen LogP contribution in [0.15, 0.2) is 83.8 Å². The minimum Gasteiger partial charge on any atom is -0.396 e. The molecular formula is C26H27F2NOS. The number of hydrogen-bond acceptors (Lipinski definition) is 3. The molecule has 162 valence electrons. The van der Waals surface area contributed by atoms with Crippen LogP contribution >= 0.6 is 11.8 Å². The highest BCUT2D eigenvalue weighted by molar-refractivity contribution is 7.99. The fourth-order valence-electron chi connectivity index (χ4n) is 4.65. The van der Waals surface area contributed by atoms with E-state index in [0.29, 0.717) is 6.42 Å². The Morgan fingerprint density at radius 3 is 2.00 bits per heavy atom. The summed E-state index contributed by atoms with van der Waals surface area (Å²) in [6.07, 6.45) is 1.60. The largest absolute Gasteiger partial charge is 0.396 e. The predicted molar refractivity (Wildman–Crippen MR) is 122 cm³/mol. The van der Waals surface area contributed by atoms with Gasteiger partial charge in [-0.3, -0.25) is 4.90 Å². The number of rotatable bonds is 7. The van der Waals surface area contributed by atoms with Gasteiger partial charge in [0.1, 0.15) is 11.6 Å². The van der Waals surface area contributed by atoms with Gasteiger partial charge in [-0.05, 0) is 72.8 Å². The molecule has 0 aromatic heterocycles. The van der Waals surface area contributed by atoms with Gasteiger partial charge in [-0.1, -0.05) is 42.5 Å². The van der Waals surface area contributed by atoms with Crippen molar-refractivity contribution >= 4 is 11.8 Å². The van der Waals surface area contributed by atoms with E-state index in [-0.39, 0.29) is 24.2 Å². The summed E-state index contributed by atoms with van der Waals surface area (Å²) in [5.41, 5.74) is 1.41. The number of nitrogens with zero attached hydrogens (tertiary/aromatic N) is 1. The third kappa shape index (κ3) is 4.84. The number of benzene rings is 3. The molecule has 1 heterocycles. The van der Waals surface area contributed by atoms with Crippen LogP contribution in [-0.2, 0) is 5.54 Å². The van der Waals surface area contributed by atoms with E-state index in [4.69, 9.17) is 0 Å². The lowest BCUT2D eigenvalue weighted by Crippen LogP contribution is -2.53. The highest BCUT2D eigenvalue weighted by atomic mass is 32.2. The fraction of sp³-hybridized carbons (Fsp3) is 0.308. The zero-order chi connectivity index (χ0) is 21.7. The molecule has 1 aliphatic heterocycles. The lowest BCUT2D eigenvalue weighted by Gasteiger charge is -2.50. The molecule has 0 amide bonds. The van der Waals surface area contributed by atoms with Crippen molar-refractivity contribution in [1.29, 1.82) is 0 Å². The summed E-state index contributed by atoms with van der Waals surface area (Å²) in [7, 11) is 0. The van der Waals surface area contributed by atoms with Crippen LogP contribution in [0.25, 0.3) is 0 Å². The quantitative estimate of drug-likeness (QED) is 0.478. The lowest BCUT2D eigenvalue weighted by molar-refractivity contribution is 0.0320. The Bertz CT molecular complexity index is 917. The second kappa shape index (κ2) is 9.94. The molecule has 4 rings (SSSR count). The Morgan fingerprint density at radius 2 is 1.45 bits per heavy atom. The van der Waals surface area contributed by atoms with Gasteiger partial charge in [0.2, 0.25) is 0 Å². The summed E-state index contributed by atoms with van der Waals surface area (Å²) >= 11 is 1.81. The zero-order valence-electron chi connectivity index (χ0n) is 17.4. The van der Waals surface area contributed by atoms with Gasteiger partial charge in [0.25, 0.3) is 0 Å². The smallest absolute Gasteiger partial charge is 0.123 e. The number of hydrogen-bond donors (Lipinski definition) is 1. The molecule has 0 bridgehead atoms. The average Bonchev–Trinajstić information content (AvgIpc) is 2.81. The minimum absolute atomic E-state index is 0.108. The van der Waals surface area contributed by atoms with Crippen LogP contribution in [0.4, 0.5) is 8.78 Å². The molecular weight excluding hydrogens is 412 g/mol. The van der Waals surface area contributed by atoms with Crippen molar-refractivity contribution in [2.24, 2.45) is 5.92 Å². The molecule has 1 fully saturated rings. The van der Waals surface area contributed by atoms with Crippen molar-refractivity contribution in [2.45, 2.75) is 23.3 Å². The van der Waals surface area contributed by atoms with Crippen LogP contribution in [0, 0.1) is 17.6 Å². The van der Waals surface area contributed by atoms with Crippen LogP contribution in [0.2, 0.25) is 0 Å². The zero-order valence-corrected chi connectivity index (χ0v) is 18.2. The average molecular weight is 440 g/mol. The van der Waals surface area contributed by atoms with E-state index in [1.165, 1.54) is 29.2 Å². The molecule has 0 spiro atoms. The molecule has 2 nitrogen and oxygen atoms in total. The minimum atomic E-state index is -0.537. The van der Waals surface area contributed by atoms with Gasteiger partial charge in [0, 0.05) is 23.8 Å². The summed E-state index contributed by atoms with van der Waals surface area (Å²) in [4.78, 5) is 3.65. The maximum atomic E-state index is 13.8. The van der Waals surface area contributed by atoms with Gasteiger partial charge < -0.3 is 5.11 Å². The van der Waals surface area contributed by atoms with Crippen molar-refractivity contribution in [1.82, 2.24) is 4.90 Å². The normalized spacial score (nSPS) is 18.7. The van der Waals surface area contributed by atoms with E-state index < -0.39 is 5.54 Å². The van der Waals surface area contributed by atoms with E-state index >= 15 is 0 Å². The third-order valence-corrected chi connectivity index (χ3v) is 7.20. The van der Waals surface area contributed by atoms with E-state index in [1.807, 2.05) is 42.5 Å². The van der Waals surface area contributed by atoms with Crippen molar-refractivity contribution in [3.8, 4) is 0 Å². The maximum Gasteiger partial charge on any atom is 0.123 e. The van der Waals surface area contributed by atoms with Gasteiger partial charge in [-0.25, -0.2) is 8.78 Å². The van der Waals surface area contributed by atoms with E-state index in [1.54, 1.807) is 11.8 Å². The van der Waals surface area contributed by atoms with Crippen molar-refractivity contribution in [3.63, 3.8) is 0 Å². The molecule has 1 atom stereocenters. The van der Waals surface area contributed by atoms with Crippen LogP contribution in [0.5, 0.6) is 0 Å². The molecule has 1 N–H and O–H groups in total. The van der Waals surface area contributed by atoms with E-state index in [2.05, 4.69) is 17.0 Å². The molecule has 0 aliphatic carbocycles. The third-order valence-electron chi connectivity index (χ3n) is 6.21. The van der Waals surface area contributed by atoms with Crippen LogP contribution in [0.1, 0.15) is 24.0 Å². The Labute approximate surface area is 186 Å². The topological polar surface area (TPSA) is 23.5 Å². The fourth-order valence-corrected chi connectivity index (χ4v) is 5.54. The summed E-state index contributed by atoms with van der Waals surface area (Å²) in [6.45, 7) is 1.75. The Balaban J connectivity index is 1.71. The Morgan fingerprint density at radius 1 is 0.871 bits per heavy atom. The molecule has 1 saturated heterocycles. The molecule has 3 aromatic rings. The number of halogens is 2. The lowest BCUT2D eigenvalue weighted by atomic mass is 9.71. The monoisotopic (exact) mass is 439 g/mol. The van der Waals surface area contributed by atoms with Gasteiger partial charge >= 0.3 is 0 Å². The SMILES string of the molecule is OCC1CCN(CCSc2ccccc2)C(c2ccc(F)cc2)(c2ccc(F)cc2)C1. The molecule has 31 heavy (non-hydrogen) atoms. The van der Waals surface area contributed by atoms with Crippen molar-refractivity contribution < 1.29 is 13.9 Å². The standard InChI is InChI=1S/C26H27F2NOS/c27-23-10-6-21(7-11-23)26(22-8-12-24(28)13-9-22)18-20(19-30)14-15-29(26)16-17-31-25-4-2-1-3-5-25/h1-13,20,30H,14-19H2.